The molecule has 2 aliphatic rings. The first-order valence-electron chi connectivity index (χ1n) is 8.32. The molecule has 0 spiro atoms. The highest BCUT2D eigenvalue weighted by molar-refractivity contribution is 5.43. The molecule has 1 aromatic rings. The van der Waals surface area contributed by atoms with Crippen LogP contribution in [0.2, 0.25) is 0 Å². The third-order valence-electron chi connectivity index (χ3n) is 4.60. The molecule has 0 amide bonds. The van der Waals surface area contributed by atoms with Crippen LogP contribution in [-0.2, 0) is 6.54 Å². The Balaban J connectivity index is 1.66. The molecule has 2 fully saturated rings. The summed E-state index contributed by atoms with van der Waals surface area (Å²) < 4.78 is 34.9. The van der Waals surface area contributed by atoms with Gasteiger partial charge in [-0.15, -0.1) is 0 Å². The number of piperazine rings is 1. The van der Waals surface area contributed by atoms with Crippen molar-refractivity contribution in [2.45, 2.75) is 39.0 Å². The summed E-state index contributed by atoms with van der Waals surface area (Å²) in [7, 11) is 0. The van der Waals surface area contributed by atoms with Crippen molar-refractivity contribution in [2.75, 3.05) is 32.8 Å². The quantitative estimate of drug-likeness (QED) is 0.802. The van der Waals surface area contributed by atoms with Gasteiger partial charge in [0.15, 0.2) is 11.5 Å². The van der Waals surface area contributed by atoms with Crippen LogP contribution in [0.15, 0.2) is 18.2 Å². The Bertz CT molecular complexity index is 527. The van der Waals surface area contributed by atoms with Crippen molar-refractivity contribution in [1.82, 2.24) is 9.80 Å². The molecule has 6 heteroatoms. The zero-order valence-electron chi connectivity index (χ0n) is 13.5. The van der Waals surface area contributed by atoms with Crippen LogP contribution in [0.25, 0.3) is 0 Å². The van der Waals surface area contributed by atoms with Crippen molar-refractivity contribution >= 4 is 0 Å². The average molecular weight is 326 g/mol. The molecule has 0 bridgehead atoms. The maximum Gasteiger partial charge on any atom is 0.387 e. The van der Waals surface area contributed by atoms with E-state index in [9.17, 15) is 8.78 Å². The summed E-state index contributed by atoms with van der Waals surface area (Å²) >= 11 is 0. The molecule has 1 aromatic carbocycles. The van der Waals surface area contributed by atoms with Crippen LogP contribution >= 0.6 is 0 Å². The molecule has 0 radical (unpaired) electrons. The van der Waals surface area contributed by atoms with Gasteiger partial charge in [0.1, 0.15) is 0 Å². The lowest BCUT2D eigenvalue weighted by Gasteiger charge is -2.37. The summed E-state index contributed by atoms with van der Waals surface area (Å²) in [5, 5.41) is 0. The van der Waals surface area contributed by atoms with E-state index < -0.39 is 6.61 Å². The summed E-state index contributed by atoms with van der Waals surface area (Å²) in [6.07, 6.45) is 2.58. The van der Waals surface area contributed by atoms with E-state index in [2.05, 4.69) is 14.5 Å². The van der Waals surface area contributed by atoms with Crippen molar-refractivity contribution in [3.8, 4) is 11.5 Å². The third kappa shape index (κ3) is 4.12. The molecule has 0 aliphatic carbocycles. The molecule has 1 atom stereocenters. The number of rotatable bonds is 6. The van der Waals surface area contributed by atoms with Crippen molar-refractivity contribution in [1.29, 1.82) is 0 Å². The topological polar surface area (TPSA) is 24.9 Å². The maximum absolute atomic E-state index is 12.4. The average Bonchev–Trinajstić information content (AvgIpc) is 2.97. The number of benzene rings is 1. The smallest absolute Gasteiger partial charge is 0.387 e. The second kappa shape index (κ2) is 7.45. The number of fused-ring (bicyclic) bond motifs is 1. The van der Waals surface area contributed by atoms with Gasteiger partial charge in [0.25, 0.3) is 0 Å². The second-order valence-electron chi connectivity index (χ2n) is 6.16. The Morgan fingerprint density at radius 1 is 1.22 bits per heavy atom. The zero-order valence-corrected chi connectivity index (χ0v) is 13.5. The molecule has 128 valence electrons. The number of hydrogen-bond acceptors (Lipinski definition) is 4. The van der Waals surface area contributed by atoms with Gasteiger partial charge in [-0.3, -0.25) is 9.80 Å². The molecule has 2 aliphatic heterocycles. The van der Waals surface area contributed by atoms with Crippen LogP contribution in [0.3, 0.4) is 0 Å². The fourth-order valence-corrected chi connectivity index (χ4v) is 3.57. The molecule has 3 rings (SSSR count). The Morgan fingerprint density at radius 2 is 2.09 bits per heavy atom. The molecular formula is C17H24F2N2O2. The number of halogens is 2. The Kier molecular flexibility index (Phi) is 5.33. The van der Waals surface area contributed by atoms with Crippen molar-refractivity contribution < 1.29 is 18.3 Å². The van der Waals surface area contributed by atoms with E-state index in [0.717, 1.165) is 31.7 Å². The number of ether oxygens (including phenoxy) is 2. The largest absolute Gasteiger partial charge is 0.490 e. The van der Waals surface area contributed by atoms with Crippen LogP contribution in [0.4, 0.5) is 8.78 Å². The van der Waals surface area contributed by atoms with Crippen molar-refractivity contribution in [2.24, 2.45) is 0 Å². The van der Waals surface area contributed by atoms with E-state index in [1.165, 1.54) is 19.4 Å². The fourth-order valence-electron chi connectivity index (χ4n) is 3.57. The normalized spacial score (nSPS) is 22.3. The molecule has 23 heavy (non-hydrogen) atoms. The SMILES string of the molecule is CCOc1cc(CN2CCN3CCCC3C2)ccc1OC(F)F. The minimum Gasteiger partial charge on any atom is -0.490 e. The summed E-state index contributed by atoms with van der Waals surface area (Å²) in [6.45, 7) is 4.72. The first-order valence-corrected chi connectivity index (χ1v) is 8.32. The second-order valence-corrected chi connectivity index (χ2v) is 6.16. The van der Waals surface area contributed by atoms with Gasteiger partial charge in [-0.2, -0.15) is 8.78 Å². The monoisotopic (exact) mass is 326 g/mol. The minimum atomic E-state index is -2.84. The van der Waals surface area contributed by atoms with Gasteiger partial charge in [0.2, 0.25) is 0 Å². The predicted octanol–water partition coefficient (Wildman–Crippen LogP) is 2.97. The maximum atomic E-state index is 12.4. The molecule has 0 saturated carbocycles. The highest BCUT2D eigenvalue weighted by atomic mass is 19.3. The standard InChI is InChI=1S/C17H24F2N2O2/c1-2-22-16-10-13(5-6-15(16)23-17(18)19)11-20-8-9-21-7-3-4-14(21)12-20/h5-6,10,14,17H,2-4,7-9,11-12H2,1H3. The van der Waals surface area contributed by atoms with E-state index in [4.69, 9.17) is 4.74 Å². The van der Waals surface area contributed by atoms with Crippen LogP contribution in [0, 0.1) is 0 Å². The van der Waals surface area contributed by atoms with Crippen LogP contribution < -0.4 is 9.47 Å². The highest BCUT2D eigenvalue weighted by Gasteiger charge is 2.30. The van der Waals surface area contributed by atoms with Crippen LogP contribution in [0.1, 0.15) is 25.3 Å². The molecule has 1 unspecified atom stereocenters. The zero-order chi connectivity index (χ0) is 16.2. The van der Waals surface area contributed by atoms with Gasteiger partial charge >= 0.3 is 6.61 Å². The van der Waals surface area contributed by atoms with Gasteiger partial charge < -0.3 is 9.47 Å². The van der Waals surface area contributed by atoms with Gasteiger partial charge in [0, 0.05) is 32.2 Å². The van der Waals surface area contributed by atoms with E-state index >= 15 is 0 Å². The molecular weight excluding hydrogens is 302 g/mol. The lowest BCUT2D eigenvalue weighted by molar-refractivity contribution is -0.0514. The van der Waals surface area contributed by atoms with E-state index in [0.29, 0.717) is 18.4 Å². The van der Waals surface area contributed by atoms with E-state index in [1.807, 2.05) is 19.1 Å². The molecule has 0 aromatic heterocycles. The predicted molar refractivity (Wildman–Crippen MR) is 84.1 cm³/mol. The summed E-state index contributed by atoms with van der Waals surface area (Å²) in [5.74, 6) is 0.496. The molecule has 2 saturated heterocycles. The van der Waals surface area contributed by atoms with E-state index in [-0.39, 0.29) is 5.75 Å². The molecule has 4 nitrogen and oxygen atoms in total. The number of nitrogens with zero attached hydrogens (tertiary/aromatic N) is 2. The number of alkyl halides is 2. The van der Waals surface area contributed by atoms with Gasteiger partial charge in [0.05, 0.1) is 6.61 Å². The Morgan fingerprint density at radius 3 is 2.87 bits per heavy atom. The molecule has 2 heterocycles. The van der Waals surface area contributed by atoms with Gasteiger partial charge in [-0.25, -0.2) is 0 Å². The summed E-state index contributed by atoms with van der Waals surface area (Å²) in [4.78, 5) is 5.01. The van der Waals surface area contributed by atoms with Crippen molar-refractivity contribution in [3.63, 3.8) is 0 Å². The lowest BCUT2D eigenvalue weighted by Crippen LogP contribution is -2.49. The van der Waals surface area contributed by atoms with Crippen LogP contribution in [0.5, 0.6) is 11.5 Å². The lowest BCUT2D eigenvalue weighted by atomic mass is 10.1. The fraction of sp³-hybridized carbons (Fsp3) is 0.647. The highest BCUT2D eigenvalue weighted by Crippen LogP contribution is 2.31. The van der Waals surface area contributed by atoms with Crippen molar-refractivity contribution in [3.05, 3.63) is 23.8 Å². The van der Waals surface area contributed by atoms with Crippen LogP contribution in [-0.4, -0.2) is 55.2 Å². The van der Waals surface area contributed by atoms with E-state index in [1.54, 1.807) is 6.07 Å². The van der Waals surface area contributed by atoms with Gasteiger partial charge in [-0.05, 0) is 44.0 Å². The Hall–Kier alpha value is -1.40. The summed E-state index contributed by atoms with van der Waals surface area (Å²) in [5.41, 5.74) is 1.07. The number of hydrogen-bond donors (Lipinski definition) is 0. The summed E-state index contributed by atoms with van der Waals surface area (Å²) in [6, 6.07) is 5.93. The third-order valence-corrected chi connectivity index (χ3v) is 4.60. The molecule has 0 N–H and O–H groups in total. The minimum absolute atomic E-state index is 0.103. The first-order chi connectivity index (χ1) is 11.2. The first kappa shape index (κ1) is 16.5. The Labute approximate surface area is 136 Å². The van der Waals surface area contributed by atoms with Gasteiger partial charge in [-0.1, -0.05) is 6.07 Å².